The van der Waals surface area contributed by atoms with Gasteiger partial charge >= 0.3 is 0 Å². The second-order valence-corrected chi connectivity index (χ2v) is 7.54. The summed E-state index contributed by atoms with van der Waals surface area (Å²) in [5.74, 6) is -2.77. The maximum atomic E-state index is 13.1. The van der Waals surface area contributed by atoms with Crippen molar-refractivity contribution in [2.24, 2.45) is 23.5 Å². The molecule has 28 heavy (non-hydrogen) atoms. The van der Waals surface area contributed by atoms with Crippen LogP contribution in [-0.4, -0.2) is 35.0 Å². The van der Waals surface area contributed by atoms with Gasteiger partial charge in [0, 0.05) is 18.4 Å². The van der Waals surface area contributed by atoms with Crippen molar-refractivity contribution in [1.82, 2.24) is 10.6 Å². The van der Waals surface area contributed by atoms with Crippen molar-refractivity contribution in [1.29, 1.82) is 0 Å². The number of rotatable bonds is 9. The number of carbonyl (C=O) groups excluding carboxylic acids is 3. The third-order valence-corrected chi connectivity index (χ3v) is 5.68. The summed E-state index contributed by atoms with van der Waals surface area (Å²) in [6.45, 7) is 5.55. The van der Waals surface area contributed by atoms with E-state index in [4.69, 9.17) is 5.73 Å². The predicted octanol–water partition coefficient (Wildman–Crippen LogP) is 1.27. The van der Waals surface area contributed by atoms with Gasteiger partial charge in [-0.25, -0.2) is 0 Å². The number of amides is 2. The van der Waals surface area contributed by atoms with Gasteiger partial charge in [0.25, 0.3) is 0 Å². The highest BCUT2D eigenvalue weighted by Crippen LogP contribution is 2.27. The lowest BCUT2D eigenvalue weighted by atomic mass is 9.81. The third kappa shape index (κ3) is 4.97. The van der Waals surface area contributed by atoms with Gasteiger partial charge in [-0.1, -0.05) is 63.9 Å². The lowest BCUT2D eigenvalue weighted by molar-refractivity contribution is -0.137. The first kappa shape index (κ1) is 22.0. The van der Waals surface area contributed by atoms with E-state index < -0.39 is 36.1 Å². The fourth-order valence-electron chi connectivity index (χ4n) is 3.80. The van der Waals surface area contributed by atoms with Gasteiger partial charge in [0.05, 0.1) is 6.04 Å². The standard InChI is InChI=1S/C21H31N3O4/c1-4-13(5-2)18(19(26)17-12(3)20(27)24-21(17)28)23-16(25)11-15(22)14-9-7-6-8-10-14/h6-10,12-13,15,17-18,20,27H,4-5,11,22H2,1-3H3,(H,23,25)(H,24,28)/t12-,15-,17+,18?,20?/m0/s1. The average Bonchev–Trinajstić information content (AvgIpc) is 2.93. The van der Waals surface area contributed by atoms with Crippen molar-refractivity contribution in [3.05, 3.63) is 35.9 Å². The summed E-state index contributed by atoms with van der Waals surface area (Å²) in [5, 5.41) is 15.1. The van der Waals surface area contributed by atoms with Crippen LogP contribution in [0.15, 0.2) is 30.3 Å². The molecule has 0 radical (unpaired) electrons. The lowest BCUT2D eigenvalue weighted by Crippen LogP contribution is -2.50. The van der Waals surface area contributed by atoms with Gasteiger partial charge < -0.3 is 21.5 Å². The summed E-state index contributed by atoms with van der Waals surface area (Å²) < 4.78 is 0. The predicted molar refractivity (Wildman–Crippen MR) is 106 cm³/mol. The molecule has 1 aliphatic heterocycles. The Morgan fingerprint density at radius 1 is 1.21 bits per heavy atom. The summed E-state index contributed by atoms with van der Waals surface area (Å²) in [6, 6.07) is 8.04. The quantitative estimate of drug-likeness (QED) is 0.474. The minimum atomic E-state index is -1.05. The van der Waals surface area contributed by atoms with Crippen LogP contribution in [0, 0.1) is 17.8 Å². The zero-order valence-corrected chi connectivity index (χ0v) is 16.7. The van der Waals surface area contributed by atoms with Crippen LogP contribution in [-0.2, 0) is 14.4 Å². The molecule has 1 aliphatic rings. The minimum Gasteiger partial charge on any atom is -0.373 e. The van der Waals surface area contributed by atoms with Crippen LogP contribution in [0.4, 0.5) is 0 Å². The molecule has 154 valence electrons. The van der Waals surface area contributed by atoms with Gasteiger partial charge in [-0.05, 0) is 11.5 Å². The molecule has 0 aromatic heterocycles. The Morgan fingerprint density at radius 2 is 1.82 bits per heavy atom. The van der Waals surface area contributed by atoms with E-state index in [1.807, 2.05) is 44.2 Å². The number of carbonyl (C=O) groups is 3. The van der Waals surface area contributed by atoms with Gasteiger partial charge in [0.2, 0.25) is 11.8 Å². The number of ketones is 1. The number of Topliss-reactive ketones (excluding diaryl/α,β-unsaturated/α-hetero) is 1. The Labute approximate surface area is 166 Å². The molecular weight excluding hydrogens is 358 g/mol. The molecule has 1 heterocycles. The monoisotopic (exact) mass is 389 g/mol. The van der Waals surface area contributed by atoms with Crippen molar-refractivity contribution >= 4 is 17.6 Å². The number of hydrogen-bond donors (Lipinski definition) is 4. The number of benzene rings is 1. The average molecular weight is 389 g/mol. The highest BCUT2D eigenvalue weighted by atomic mass is 16.3. The number of aliphatic hydroxyl groups excluding tert-OH is 1. The van der Waals surface area contributed by atoms with Gasteiger partial charge in [0.1, 0.15) is 12.1 Å². The lowest BCUT2D eigenvalue weighted by Gasteiger charge is -2.28. The van der Waals surface area contributed by atoms with Gasteiger partial charge in [-0.15, -0.1) is 0 Å². The summed E-state index contributed by atoms with van der Waals surface area (Å²) >= 11 is 0. The molecule has 0 saturated carbocycles. The van der Waals surface area contributed by atoms with E-state index >= 15 is 0 Å². The Bertz CT molecular complexity index is 690. The van der Waals surface area contributed by atoms with E-state index in [1.165, 1.54) is 0 Å². The van der Waals surface area contributed by atoms with Crippen LogP contribution < -0.4 is 16.4 Å². The van der Waals surface area contributed by atoms with Gasteiger partial charge in [-0.3, -0.25) is 14.4 Å². The summed E-state index contributed by atoms with van der Waals surface area (Å²) in [4.78, 5) is 37.9. The highest BCUT2D eigenvalue weighted by Gasteiger charge is 2.46. The fourth-order valence-corrected chi connectivity index (χ4v) is 3.80. The Kier molecular flexibility index (Phi) is 7.71. The minimum absolute atomic E-state index is 0.0446. The normalized spacial score (nSPS) is 23.9. The molecule has 7 nitrogen and oxygen atoms in total. The summed E-state index contributed by atoms with van der Waals surface area (Å²) in [5.41, 5.74) is 6.97. The molecule has 5 N–H and O–H groups in total. The van der Waals surface area contributed by atoms with Crippen LogP contribution in [0.1, 0.15) is 51.6 Å². The largest absolute Gasteiger partial charge is 0.373 e. The molecule has 0 spiro atoms. The van der Waals surface area contributed by atoms with Crippen LogP contribution in [0.5, 0.6) is 0 Å². The van der Waals surface area contributed by atoms with Crippen molar-refractivity contribution in [2.45, 2.75) is 58.3 Å². The number of hydrogen-bond acceptors (Lipinski definition) is 5. The van der Waals surface area contributed by atoms with Crippen molar-refractivity contribution in [2.75, 3.05) is 0 Å². The molecule has 2 amide bonds. The topological polar surface area (TPSA) is 122 Å². The second-order valence-electron chi connectivity index (χ2n) is 7.54. The molecule has 1 saturated heterocycles. The summed E-state index contributed by atoms with van der Waals surface area (Å²) in [7, 11) is 0. The first-order chi connectivity index (χ1) is 13.3. The fraction of sp³-hybridized carbons (Fsp3) is 0.571. The van der Waals surface area contributed by atoms with Crippen molar-refractivity contribution in [3.8, 4) is 0 Å². The molecule has 0 bridgehead atoms. The van der Waals surface area contributed by atoms with Crippen LogP contribution >= 0.6 is 0 Å². The first-order valence-corrected chi connectivity index (χ1v) is 9.92. The molecule has 1 aromatic carbocycles. The maximum absolute atomic E-state index is 13.1. The van der Waals surface area contributed by atoms with E-state index in [0.717, 1.165) is 5.56 Å². The second kappa shape index (κ2) is 9.80. The van der Waals surface area contributed by atoms with E-state index in [1.54, 1.807) is 6.92 Å². The SMILES string of the molecule is CCC(CC)C(NC(=O)C[C@H](N)c1ccccc1)C(=O)[C@@H]1C(=O)NC(O)[C@H]1C. The summed E-state index contributed by atoms with van der Waals surface area (Å²) in [6.07, 6.45) is 0.362. The molecule has 1 fully saturated rings. The van der Waals surface area contributed by atoms with Gasteiger partial charge in [-0.2, -0.15) is 0 Å². The molecule has 2 rings (SSSR count). The molecule has 0 aliphatic carbocycles. The van der Waals surface area contributed by atoms with Crippen LogP contribution in [0.3, 0.4) is 0 Å². The van der Waals surface area contributed by atoms with Crippen LogP contribution in [0.25, 0.3) is 0 Å². The number of nitrogens with one attached hydrogen (secondary N) is 2. The van der Waals surface area contributed by atoms with E-state index in [0.29, 0.717) is 12.8 Å². The van der Waals surface area contributed by atoms with E-state index in [9.17, 15) is 19.5 Å². The molecule has 1 aromatic rings. The number of nitrogens with two attached hydrogens (primary N) is 1. The third-order valence-electron chi connectivity index (χ3n) is 5.68. The highest BCUT2D eigenvalue weighted by molar-refractivity contribution is 6.06. The molecule has 7 heteroatoms. The Balaban J connectivity index is 2.13. The van der Waals surface area contributed by atoms with E-state index in [2.05, 4.69) is 10.6 Å². The molecule has 5 atom stereocenters. The van der Waals surface area contributed by atoms with Crippen molar-refractivity contribution in [3.63, 3.8) is 0 Å². The number of aliphatic hydroxyl groups is 1. The first-order valence-electron chi connectivity index (χ1n) is 9.92. The Morgan fingerprint density at radius 3 is 2.32 bits per heavy atom. The van der Waals surface area contributed by atoms with Crippen molar-refractivity contribution < 1.29 is 19.5 Å². The zero-order valence-electron chi connectivity index (χ0n) is 16.7. The smallest absolute Gasteiger partial charge is 0.233 e. The van der Waals surface area contributed by atoms with Gasteiger partial charge in [0.15, 0.2) is 5.78 Å². The molecular formula is C21H31N3O4. The maximum Gasteiger partial charge on any atom is 0.233 e. The Hall–Kier alpha value is -2.25. The van der Waals surface area contributed by atoms with E-state index in [-0.39, 0.29) is 24.0 Å². The molecule has 2 unspecified atom stereocenters. The zero-order chi connectivity index (χ0) is 20.8. The van der Waals surface area contributed by atoms with Crippen LogP contribution in [0.2, 0.25) is 0 Å².